The van der Waals surface area contributed by atoms with Crippen molar-refractivity contribution in [2.24, 2.45) is 4.99 Å². The third-order valence-corrected chi connectivity index (χ3v) is 4.59. The summed E-state index contributed by atoms with van der Waals surface area (Å²) >= 11 is 0. The zero-order valence-electron chi connectivity index (χ0n) is 15.7. The second-order valence-electron chi connectivity index (χ2n) is 6.53. The van der Waals surface area contributed by atoms with E-state index in [-0.39, 0.29) is 5.91 Å². The minimum absolute atomic E-state index is 0.167. The van der Waals surface area contributed by atoms with E-state index in [1.807, 2.05) is 4.90 Å². The van der Waals surface area contributed by atoms with Crippen LogP contribution < -0.4 is 5.32 Å². The Labute approximate surface area is 152 Å². The number of piperazine rings is 1. The van der Waals surface area contributed by atoms with Crippen molar-refractivity contribution in [2.45, 2.75) is 39.5 Å². The quantitative estimate of drug-likeness (QED) is 0.470. The van der Waals surface area contributed by atoms with E-state index in [1.165, 1.54) is 18.4 Å². The number of carbonyl (C=O) groups is 1. The highest BCUT2D eigenvalue weighted by atomic mass is 16.2. The third-order valence-electron chi connectivity index (χ3n) is 4.59. The summed E-state index contributed by atoms with van der Waals surface area (Å²) in [5.74, 6) is 1.16. The van der Waals surface area contributed by atoms with Gasteiger partial charge in [0.15, 0.2) is 5.96 Å². The van der Waals surface area contributed by atoms with E-state index in [0.29, 0.717) is 0 Å². The molecule has 1 heterocycles. The minimum atomic E-state index is 0.167. The smallest absolute Gasteiger partial charge is 0.219 e. The van der Waals surface area contributed by atoms with E-state index in [1.54, 1.807) is 6.92 Å². The number of aryl methyl sites for hydroxylation is 1. The molecule has 0 spiro atoms. The first-order valence-corrected chi connectivity index (χ1v) is 9.53. The second-order valence-corrected chi connectivity index (χ2v) is 6.53. The van der Waals surface area contributed by atoms with Gasteiger partial charge in [-0.3, -0.25) is 9.79 Å². The lowest BCUT2D eigenvalue weighted by molar-refractivity contribution is -0.130. The molecule has 0 atom stereocenters. The molecular weight excluding hydrogens is 312 g/mol. The normalized spacial score (nSPS) is 15.4. The number of benzene rings is 1. The molecule has 5 nitrogen and oxygen atoms in total. The van der Waals surface area contributed by atoms with Crippen LogP contribution in [0, 0.1) is 0 Å². The van der Waals surface area contributed by atoms with E-state index in [9.17, 15) is 4.79 Å². The zero-order chi connectivity index (χ0) is 17.9. The van der Waals surface area contributed by atoms with Gasteiger partial charge in [0.2, 0.25) is 5.91 Å². The van der Waals surface area contributed by atoms with Gasteiger partial charge in [0.05, 0.1) is 0 Å². The van der Waals surface area contributed by atoms with E-state index in [0.717, 1.165) is 58.1 Å². The number of rotatable bonds is 7. The van der Waals surface area contributed by atoms with Crippen molar-refractivity contribution < 1.29 is 4.79 Å². The van der Waals surface area contributed by atoms with Gasteiger partial charge in [0.25, 0.3) is 0 Å². The number of nitrogens with one attached hydrogen (secondary N) is 1. The predicted molar refractivity (Wildman–Crippen MR) is 104 cm³/mol. The molecule has 25 heavy (non-hydrogen) atoms. The molecule has 1 aromatic rings. The van der Waals surface area contributed by atoms with E-state index in [2.05, 4.69) is 47.5 Å². The first-order chi connectivity index (χ1) is 12.2. The molecule has 0 saturated carbocycles. The molecule has 0 aromatic heterocycles. The number of guanidine groups is 1. The Bertz CT molecular complexity index is 536. The molecule has 2 rings (SSSR count). The van der Waals surface area contributed by atoms with E-state index < -0.39 is 0 Å². The van der Waals surface area contributed by atoms with Crippen LogP contribution in [0.1, 0.15) is 38.7 Å². The van der Waals surface area contributed by atoms with Crippen molar-refractivity contribution in [1.29, 1.82) is 0 Å². The van der Waals surface area contributed by atoms with Crippen LogP contribution in [0.25, 0.3) is 0 Å². The number of hydrogen-bond acceptors (Lipinski definition) is 2. The fraction of sp³-hybridized carbons (Fsp3) is 0.600. The highest BCUT2D eigenvalue weighted by Crippen LogP contribution is 2.07. The summed E-state index contributed by atoms with van der Waals surface area (Å²) in [5.41, 5.74) is 1.42. The van der Waals surface area contributed by atoms with Gasteiger partial charge < -0.3 is 15.1 Å². The largest absolute Gasteiger partial charge is 0.357 e. The molecule has 0 bridgehead atoms. The van der Waals surface area contributed by atoms with Crippen LogP contribution in [-0.2, 0) is 11.2 Å². The minimum Gasteiger partial charge on any atom is -0.357 e. The number of unbranched alkanes of at least 4 members (excludes halogenated alkanes) is 2. The molecule has 5 heteroatoms. The fourth-order valence-electron chi connectivity index (χ4n) is 3.11. The number of amides is 1. The Hall–Kier alpha value is -2.04. The van der Waals surface area contributed by atoms with Crippen molar-refractivity contribution in [2.75, 3.05) is 39.3 Å². The lowest BCUT2D eigenvalue weighted by atomic mass is 10.1. The van der Waals surface area contributed by atoms with Crippen LogP contribution in [-0.4, -0.2) is 60.9 Å². The van der Waals surface area contributed by atoms with Gasteiger partial charge in [-0.15, -0.1) is 0 Å². The molecular formula is C20H32N4O. The van der Waals surface area contributed by atoms with Gasteiger partial charge in [-0.1, -0.05) is 36.8 Å². The lowest BCUT2D eigenvalue weighted by Crippen LogP contribution is -2.53. The summed E-state index contributed by atoms with van der Waals surface area (Å²) in [7, 11) is 0. The summed E-state index contributed by atoms with van der Waals surface area (Å²) in [4.78, 5) is 20.4. The molecule has 1 aliphatic rings. The van der Waals surface area contributed by atoms with Crippen molar-refractivity contribution in [3.8, 4) is 0 Å². The highest BCUT2D eigenvalue weighted by molar-refractivity contribution is 5.80. The van der Waals surface area contributed by atoms with Gasteiger partial charge in [-0.25, -0.2) is 0 Å². The molecule has 1 aliphatic heterocycles. The lowest BCUT2D eigenvalue weighted by Gasteiger charge is -2.36. The maximum absolute atomic E-state index is 11.4. The summed E-state index contributed by atoms with van der Waals surface area (Å²) in [6.45, 7) is 8.78. The maximum Gasteiger partial charge on any atom is 0.219 e. The second kappa shape index (κ2) is 10.7. The fourth-order valence-corrected chi connectivity index (χ4v) is 3.11. The first-order valence-electron chi connectivity index (χ1n) is 9.53. The Balaban J connectivity index is 1.69. The Morgan fingerprint density at radius 2 is 1.72 bits per heavy atom. The molecule has 1 aromatic carbocycles. The molecule has 138 valence electrons. The van der Waals surface area contributed by atoms with Crippen molar-refractivity contribution in [1.82, 2.24) is 15.1 Å². The standard InChI is InChI=1S/C20H32N4O/c1-3-21-20(24-16-14-23(15-17-24)18(2)25)22-13-9-5-8-12-19-10-6-4-7-11-19/h4,6-7,10-11H,3,5,8-9,12-17H2,1-2H3,(H,21,22). The number of nitrogens with zero attached hydrogens (tertiary/aromatic N) is 3. The number of carbonyl (C=O) groups excluding carboxylic acids is 1. The Kier molecular flexibility index (Phi) is 8.29. The van der Waals surface area contributed by atoms with Crippen LogP contribution in [0.15, 0.2) is 35.3 Å². The van der Waals surface area contributed by atoms with Gasteiger partial charge in [-0.2, -0.15) is 0 Å². The van der Waals surface area contributed by atoms with Crippen LogP contribution >= 0.6 is 0 Å². The van der Waals surface area contributed by atoms with Crippen LogP contribution in [0.5, 0.6) is 0 Å². The predicted octanol–water partition coefficient (Wildman–Crippen LogP) is 2.53. The highest BCUT2D eigenvalue weighted by Gasteiger charge is 2.20. The topological polar surface area (TPSA) is 47.9 Å². The molecule has 0 unspecified atom stereocenters. The summed E-state index contributed by atoms with van der Waals surface area (Å²) in [6, 6.07) is 10.7. The zero-order valence-corrected chi connectivity index (χ0v) is 15.7. The Morgan fingerprint density at radius 1 is 1.04 bits per heavy atom. The van der Waals surface area contributed by atoms with Gasteiger partial charge in [0.1, 0.15) is 0 Å². The van der Waals surface area contributed by atoms with Gasteiger partial charge in [-0.05, 0) is 31.7 Å². The average molecular weight is 345 g/mol. The SMILES string of the molecule is CCNC(=NCCCCCc1ccccc1)N1CCN(C(C)=O)CC1. The average Bonchev–Trinajstić information content (AvgIpc) is 2.64. The van der Waals surface area contributed by atoms with Crippen molar-refractivity contribution >= 4 is 11.9 Å². The van der Waals surface area contributed by atoms with Crippen molar-refractivity contribution in [3.05, 3.63) is 35.9 Å². The van der Waals surface area contributed by atoms with Crippen molar-refractivity contribution in [3.63, 3.8) is 0 Å². The van der Waals surface area contributed by atoms with Gasteiger partial charge in [0, 0.05) is 46.2 Å². The molecule has 0 aliphatic carbocycles. The number of hydrogen-bond donors (Lipinski definition) is 1. The number of aliphatic imine (C=N–C) groups is 1. The summed E-state index contributed by atoms with van der Waals surface area (Å²) in [5, 5.41) is 3.39. The van der Waals surface area contributed by atoms with Crippen LogP contribution in [0.3, 0.4) is 0 Å². The molecule has 1 saturated heterocycles. The van der Waals surface area contributed by atoms with E-state index in [4.69, 9.17) is 4.99 Å². The third kappa shape index (κ3) is 6.77. The molecule has 1 fully saturated rings. The maximum atomic E-state index is 11.4. The summed E-state index contributed by atoms with van der Waals surface area (Å²) < 4.78 is 0. The van der Waals surface area contributed by atoms with Crippen LogP contribution in [0.2, 0.25) is 0 Å². The first kappa shape index (κ1) is 19.3. The molecule has 0 radical (unpaired) electrons. The molecule has 1 N–H and O–H groups in total. The summed E-state index contributed by atoms with van der Waals surface area (Å²) in [6.07, 6.45) is 4.69. The monoisotopic (exact) mass is 344 g/mol. The Morgan fingerprint density at radius 3 is 2.36 bits per heavy atom. The van der Waals surface area contributed by atoms with Gasteiger partial charge >= 0.3 is 0 Å². The van der Waals surface area contributed by atoms with Crippen LogP contribution in [0.4, 0.5) is 0 Å². The molecule has 1 amide bonds. The van der Waals surface area contributed by atoms with E-state index >= 15 is 0 Å².